The number of methoxy groups -OCH3 is 2. The minimum absolute atomic E-state index is 0.0293. The average Bonchev–Trinajstić information content (AvgIpc) is 2.86. The summed E-state index contributed by atoms with van der Waals surface area (Å²) in [5.74, 6) is 1.61. The smallest absolute Gasteiger partial charge is 0.143 e. The summed E-state index contributed by atoms with van der Waals surface area (Å²) in [5, 5.41) is 3.43. The highest BCUT2D eigenvalue weighted by Gasteiger charge is 2.39. The predicted octanol–water partition coefficient (Wildman–Crippen LogP) is 2.96. The predicted molar refractivity (Wildman–Crippen MR) is 128 cm³/mol. The summed E-state index contributed by atoms with van der Waals surface area (Å²) in [6.07, 6.45) is -0.0293. The summed E-state index contributed by atoms with van der Waals surface area (Å²) in [5.41, 5.74) is 2.27. The molecule has 5 nitrogen and oxygen atoms in total. The largest absolute Gasteiger partial charge is 0.497 e. The molecule has 0 aliphatic carbocycles. The zero-order valence-electron chi connectivity index (χ0n) is 18.9. The highest BCUT2D eigenvalue weighted by molar-refractivity contribution is 6.11. The van der Waals surface area contributed by atoms with Crippen molar-refractivity contribution in [1.82, 2.24) is 5.32 Å². The van der Waals surface area contributed by atoms with Gasteiger partial charge in [-0.3, -0.25) is 0 Å². The van der Waals surface area contributed by atoms with Crippen LogP contribution in [0.3, 0.4) is 0 Å². The normalized spacial score (nSPS) is 18.8. The zero-order valence-corrected chi connectivity index (χ0v) is 18.9. The lowest BCUT2D eigenvalue weighted by Crippen LogP contribution is -2.48. The first-order chi connectivity index (χ1) is 15.7. The van der Waals surface area contributed by atoms with E-state index in [0.717, 1.165) is 41.3 Å². The van der Waals surface area contributed by atoms with Crippen molar-refractivity contribution < 1.29 is 18.9 Å². The maximum atomic E-state index is 6.88. The van der Waals surface area contributed by atoms with Gasteiger partial charge in [0.25, 0.3) is 0 Å². The van der Waals surface area contributed by atoms with Crippen LogP contribution in [-0.4, -0.2) is 53.9 Å². The van der Waals surface area contributed by atoms with Gasteiger partial charge in [-0.25, -0.2) is 0 Å². The number of hydrogen-bond donors (Lipinski definition) is 1. The number of rotatable bonds is 8. The Balaban J connectivity index is 1.82. The maximum Gasteiger partial charge on any atom is 0.143 e. The Morgan fingerprint density at radius 2 is 1.34 bits per heavy atom. The van der Waals surface area contributed by atoms with Gasteiger partial charge < -0.3 is 24.3 Å². The summed E-state index contributed by atoms with van der Waals surface area (Å²) in [6.45, 7) is 2.07. The fourth-order valence-electron chi connectivity index (χ4n) is 4.26. The molecular weight excluding hydrogens is 401 g/mol. The Hall–Kier alpha value is -2.80. The number of benzene rings is 3. The first kappa shape index (κ1) is 22.4. The molecule has 3 aromatic carbocycles. The van der Waals surface area contributed by atoms with E-state index < -0.39 is 5.60 Å². The molecule has 1 fully saturated rings. The van der Waals surface area contributed by atoms with Crippen molar-refractivity contribution in [3.8, 4) is 11.5 Å². The first-order valence-corrected chi connectivity index (χ1v) is 11.0. The summed E-state index contributed by atoms with van der Waals surface area (Å²) in [7, 11) is 5.43. The molecular formula is C26H30BNO4. The number of morpholine rings is 1. The van der Waals surface area contributed by atoms with Crippen LogP contribution in [0.2, 0.25) is 0 Å². The van der Waals surface area contributed by atoms with Gasteiger partial charge in [0, 0.05) is 19.1 Å². The van der Waals surface area contributed by atoms with E-state index in [1.54, 1.807) is 14.2 Å². The van der Waals surface area contributed by atoms with Crippen molar-refractivity contribution in [1.29, 1.82) is 0 Å². The van der Waals surface area contributed by atoms with Crippen LogP contribution in [0.1, 0.15) is 16.7 Å². The summed E-state index contributed by atoms with van der Waals surface area (Å²) in [4.78, 5) is 0. The molecule has 2 atom stereocenters. The monoisotopic (exact) mass is 431 g/mol. The van der Waals surface area contributed by atoms with Crippen LogP contribution in [0, 0.1) is 0 Å². The number of hydrogen-bond acceptors (Lipinski definition) is 5. The van der Waals surface area contributed by atoms with Crippen LogP contribution >= 0.6 is 0 Å². The highest BCUT2D eigenvalue weighted by atomic mass is 16.5. The fourth-order valence-corrected chi connectivity index (χ4v) is 4.26. The molecule has 0 spiro atoms. The molecule has 4 rings (SSSR count). The molecule has 0 bridgehead atoms. The lowest BCUT2D eigenvalue weighted by Gasteiger charge is -2.38. The SMILES string of the molecule is B[C@H]1CNC[C@@H](COC(c2ccccc2)(c2ccc(OC)cc2)c2ccc(OC)cc2)O1. The topological polar surface area (TPSA) is 49.0 Å². The van der Waals surface area contributed by atoms with E-state index in [2.05, 4.69) is 49.6 Å². The van der Waals surface area contributed by atoms with E-state index in [1.807, 2.05) is 42.5 Å². The van der Waals surface area contributed by atoms with Crippen LogP contribution in [-0.2, 0) is 15.1 Å². The second kappa shape index (κ2) is 10.2. The summed E-state index contributed by atoms with van der Waals surface area (Å²) in [6, 6.07) is 26.6. The molecule has 166 valence electrons. The van der Waals surface area contributed by atoms with Crippen molar-refractivity contribution in [2.45, 2.75) is 17.7 Å². The summed E-state index contributed by atoms with van der Waals surface area (Å²) < 4.78 is 23.8. The van der Waals surface area contributed by atoms with Gasteiger partial charge in [0.1, 0.15) is 24.9 Å². The Kier molecular flexibility index (Phi) is 7.15. The van der Waals surface area contributed by atoms with Gasteiger partial charge >= 0.3 is 0 Å². The van der Waals surface area contributed by atoms with E-state index in [-0.39, 0.29) is 12.1 Å². The molecule has 0 radical (unpaired) electrons. The molecule has 1 aliphatic rings. The van der Waals surface area contributed by atoms with Gasteiger partial charge in [-0.15, -0.1) is 0 Å². The van der Waals surface area contributed by atoms with Crippen molar-refractivity contribution in [3.05, 3.63) is 95.6 Å². The van der Waals surface area contributed by atoms with Crippen LogP contribution in [0.4, 0.5) is 0 Å². The molecule has 32 heavy (non-hydrogen) atoms. The quantitative estimate of drug-likeness (QED) is 0.439. The third kappa shape index (κ3) is 4.68. The third-order valence-electron chi connectivity index (χ3n) is 5.89. The molecule has 1 N–H and O–H groups in total. The van der Waals surface area contributed by atoms with E-state index in [4.69, 9.17) is 18.9 Å². The van der Waals surface area contributed by atoms with Crippen LogP contribution < -0.4 is 14.8 Å². The third-order valence-corrected chi connectivity index (χ3v) is 5.89. The van der Waals surface area contributed by atoms with Gasteiger partial charge in [0.15, 0.2) is 0 Å². The van der Waals surface area contributed by atoms with Crippen LogP contribution in [0.5, 0.6) is 11.5 Å². The lowest BCUT2D eigenvalue weighted by atomic mass is 9.80. The molecule has 1 aliphatic heterocycles. The van der Waals surface area contributed by atoms with Gasteiger partial charge in [-0.1, -0.05) is 54.6 Å². The van der Waals surface area contributed by atoms with E-state index in [0.29, 0.717) is 6.61 Å². The molecule has 0 amide bonds. The van der Waals surface area contributed by atoms with Crippen molar-refractivity contribution in [2.24, 2.45) is 0 Å². The van der Waals surface area contributed by atoms with Crippen molar-refractivity contribution in [2.75, 3.05) is 33.9 Å². The molecule has 0 unspecified atom stereocenters. The van der Waals surface area contributed by atoms with E-state index in [1.165, 1.54) is 0 Å². The molecule has 0 aromatic heterocycles. The van der Waals surface area contributed by atoms with E-state index >= 15 is 0 Å². The Morgan fingerprint density at radius 3 is 1.84 bits per heavy atom. The molecule has 1 saturated heterocycles. The average molecular weight is 431 g/mol. The second-order valence-corrected chi connectivity index (χ2v) is 8.04. The van der Waals surface area contributed by atoms with Gasteiger partial charge in [0.2, 0.25) is 0 Å². The van der Waals surface area contributed by atoms with Crippen LogP contribution in [0.25, 0.3) is 0 Å². The van der Waals surface area contributed by atoms with Gasteiger partial charge in [-0.2, -0.15) is 0 Å². The molecule has 6 heteroatoms. The lowest BCUT2D eigenvalue weighted by molar-refractivity contribution is -0.0834. The Bertz CT molecular complexity index is 931. The van der Waals surface area contributed by atoms with Crippen molar-refractivity contribution in [3.63, 3.8) is 0 Å². The summed E-state index contributed by atoms with van der Waals surface area (Å²) >= 11 is 0. The number of ether oxygens (including phenoxy) is 4. The fraction of sp³-hybridized carbons (Fsp3) is 0.308. The standard InChI is InChI=1S/C26H30BNO4/c1-29-22-12-8-20(9-13-22)26(19-6-4-3-5-7-19,21-10-14-23(30-2)15-11-21)31-18-24-16-28-17-25(27)32-24/h3-15,24-25,28H,16-18,27H2,1-2H3/t24-,25+/m0/s1. The van der Waals surface area contributed by atoms with Gasteiger partial charge in [0.05, 0.1) is 26.9 Å². The van der Waals surface area contributed by atoms with Crippen LogP contribution in [0.15, 0.2) is 78.9 Å². The van der Waals surface area contributed by atoms with Gasteiger partial charge in [-0.05, 0) is 41.0 Å². The molecule has 3 aromatic rings. The Morgan fingerprint density at radius 1 is 0.812 bits per heavy atom. The minimum atomic E-state index is -0.816. The molecule has 1 heterocycles. The second-order valence-electron chi connectivity index (χ2n) is 8.04. The zero-order chi connectivity index (χ0) is 22.4. The van der Waals surface area contributed by atoms with Crippen molar-refractivity contribution >= 4 is 7.85 Å². The number of nitrogens with one attached hydrogen (secondary N) is 1. The Labute approximate surface area is 191 Å². The highest BCUT2D eigenvalue weighted by Crippen LogP contribution is 2.41. The minimum Gasteiger partial charge on any atom is -0.497 e. The first-order valence-electron chi connectivity index (χ1n) is 11.0. The maximum absolute atomic E-state index is 6.88. The van der Waals surface area contributed by atoms with E-state index in [9.17, 15) is 0 Å². The molecule has 0 saturated carbocycles.